The summed E-state index contributed by atoms with van der Waals surface area (Å²) in [5, 5.41) is 8.86. The number of hydrogen-bond acceptors (Lipinski definition) is 8. The van der Waals surface area contributed by atoms with E-state index in [0.29, 0.717) is 33.0 Å². The van der Waals surface area contributed by atoms with Gasteiger partial charge < -0.3 is 10.2 Å². The van der Waals surface area contributed by atoms with Crippen LogP contribution in [0.1, 0.15) is 0 Å². The van der Waals surface area contributed by atoms with Crippen LogP contribution in [-0.2, 0) is 0 Å². The van der Waals surface area contributed by atoms with E-state index in [9.17, 15) is 4.39 Å². The van der Waals surface area contributed by atoms with Crippen LogP contribution in [0.2, 0.25) is 0 Å². The Labute approximate surface area is 162 Å². The van der Waals surface area contributed by atoms with Crippen LogP contribution in [-0.4, -0.2) is 31.5 Å². The summed E-state index contributed by atoms with van der Waals surface area (Å²) < 4.78 is 18.9. The molecule has 4 aromatic rings. The van der Waals surface area contributed by atoms with Gasteiger partial charge in [-0.15, -0.1) is 10.2 Å². The summed E-state index contributed by atoms with van der Waals surface area (Å²) in [4.78, 5) is 16.6. The monoisotopic (exact) mass is 393 g/mol. The van der Waals surface area contributed by atoms with E-state index in [0.717, 1.165) is 18.1 Å². The van der Waals surface area contributed by atoms with Crippen molar-refractivity contribution >= 4 is 24.0 Å². The quantitative estimate of drug-likeness (QED) is 0.311. The van der Waals surface area contributed by atoms with Gasteiger partial charge in [0.1, 0.15) is 10.8 Å². The molecule has 0 aliphatic heterocycles. The van der Waals surface area contributed by atoms with Crippen LogP contribution in [0.15, 0.2) is 74.5 Å². The fourth-order valence-electron chi connectivity index (χ4n) is 2.30. The molecule has 2 N–H and O–H groups in total. The molecule has 0 radical (unpaired) electrons. The van der Waals surface area contributed by atoms with Crippen molar-refractivity contribution < 1.29 is 8.81 Å². The van der Waals surface area contributed by atoms with E-state index in [2.05, 4.69) is 30.1 Å². The molecule has 4 rings (SSSR count). The first-order valence-corrected chi connectivity index (χ1v) is 8.84. The van der Waals surface area contributed by atoms with Crippen molar-refractivity contribution in [2.75, 3.05) is 0 Å². The summed E-state index contributed by atoms with van der Waals surface area (Å²) in [7, 11) is 0. The maximum Gasteiger partial charge on any atom is 0.283 e. The second-order valence-electron chi connectivity index (χ2n) is 5.39. The topological polar surface area (TPSA) is 116 Å². The van der Waals surface area contributed by atoms with Crippen molar-refractivity contribution in [2.24, 2.45) is 10.7 Å². The Kier molecular flexibility index (Phi) is 5.02. The van der Waals surface area contributed by atoms with Crippen molar-refractivity contribution in [1.82, 2.24) is 25.1 Å². The smallest absolute Gasteiger partial charge is 0.283 e. The molecule has 0 fully saturated rings. The zero-order valence-electron chi connectivity index (χ0n) is 14.2. The Hall–Kier alpha value is -3.66. The lowest BCUT2D eigenvalue weighted by Crippen LogP contribution is -1.93. The maximum atomic E-state index is 13.2. The average Bonchev–Trinajstić information content (AvgIpc) is 3.18. The molecule has 28 heavy (non-hydrogen) atoms. The van der Waals surface area contributed by atoms with Gasteiger partial charge in [0, 0.05) is 18.0 Å². The third-order valence-corrected chi connectivity index (χ3v) is 4.29. The molecular weight excluding hydrogens is 381 g/mol. The largest absolute Gasteiger partial charge is 0.411 e. The van der Waals surface area contributed by atoms with E-state index in [-0.39, 0.29) is 11.8 Å². The van der Waals surface area contributed by atoms with Crippen molar-refractivity contribution in [3.8, 4) is 22.7 Å². The summed E-state index contributed by atoms with van der Waals surface area (Å²) in [6.07, 6.45) is 4.39. The molecular formula is C18H12FN7OS. The summed E-state index contributed by atoms with van der Waals surface area (Å²) in [5.41, 5.74) is 7.35. The van der Waals surface area contributed by atoms with Crippen molar-refractivity contribution in [3.05, 3.63) is 60.7 Å². The predicted octanol–water partition coefficient (Wildman–Crippen LogP) is 3.50. The van der Waals surface area contributed by atoms with Crippen molar-refractivity contribution in [2.45, 2.75) is 10.2 Å². The van der Waals surface area contributed by atoms with Crippen LogP contribution in [0.25, 0.3) is 22.7 Å². The van der Waals surface area contributed by atoms with E-state index in [1.165, 1.54) is 12.1 Å². The summed E-state index contributed by atoms with van der Waals surface area (Å²) in [5.74, 6) is 0.184. The van der Waals surface area contributed by atoms with Crippen LogP contribution >= 0.6 is 11.8 Å². The third kappa shape index (κ3) is 4.01. The fourth-order valence-corrected chi connectivity index (χ4v) is 2.98. The summed E-state index contributed by atoms with van der Waals surface area (Å²) in [6.45, 7) is 0. The summed E-state index contributed by atoms with van der Waals surface area (Å²) >= 11 is 1.15. The van der Waals surface area contributed by atoms with Gasteiger partial charge in [0.15, 0.2) is 0 Å². The van der Waals surface area contributed by atoms with Crippen LogP contribution < -0.4 is 5.73 Å². The molecule has 0 atom stereocenters. The van der Waals surface area contributed by atoms with Crippen molar-refractivity contribution in [3.63, 3.8) is 0 Å². The molecule has 0 unspecified atom stereocenters. The maximum absolute atomic E-state index is 13.2. The lowest BCUT2D eigenvalue weighted by Gasteiger charge is -2.04. The molecule has 10 heteroatoms. The van der Waals surface area contributed by atoms with Gasteiger partial charge in [0.2, 0.25) is 5.89 Å². The van der Waals surface area contributed by atoms with Gasteiger partial charge in [0.05, 0.1) is 17.6 Å². The van der Waals surface area contributed by atoms with E-state index in [1.54, 1.807) is 36.7 Å². The van der Waals surface area contributed by atoms with Gasteiger partial charge in [-0.05, 0) is 54.2 Å². The van der Waals surface area contributed by atoms with Crippen LogP contribution in [0.3, 0.4) is 0 Å². The lowest BCUT2D eigenvalue weighted by atomic mass is 10.1. The minimum atomic E-state index is -0.332. The molecule has 0 amide bonds. The molecule has 0 aliphatic rings. The predicted molar refractivity (Wildman–Crippen MR) is 101 cm³/mol. The second-order valence-corrected chi connectivity index (χ2v) is 6.37. The standard InChI is InChI=1S/C18H12FN7OS/c19-13-5-3-11(4-6-13)14-8-15(24-17(23-14)22-10-20)28-18-26-25-16(27-18)12-2-1-7-21-9-12/h1-10H,(H2,20,22,23,24). The Balaban J connectivity index is 1.66. The molecule has 8 nitrogen and oxygen atoms in total. The first kappa shape index (κ1) is 17.7. The zero-order valence-corrected chi connectivity index (χ0v) is 15.0. The molecule has 0 aliphatic carbocycles. The number of pyridine rings is 1. The van der Waals surface area contributed by atoms with E-state index >= 15 is 0 Å². The highest BCUT2D eigenvalue weighted by Crippen LogP contribution is 2.31. The number of aromatic nitrogens is 5. The molecule has 138 valence electrons. The average molecular weight is 393 g/mol. The number of halogens is 1. The Bertz CT molecular complexity index is 1120. The van der Waals surface area contributed by atoms with Gasteiger partial charge in [-0.1, -0.05) is 0 Å². The highest BCUT2D eigenvalue weighted by Gasteiger charge is 2.13. The van der Waals surface area contributed by atoms with Gasteiger partial charge in [-0.25, -0.2) is 19.4 Å². The number of rotatable bonds is 5. The van der Waals surface area contributed by atoms with Crippen LogP contribution in [0.4, 0.5) is 10.3 Å². The lowest BCUT2D eigenvalue weighted by molar-refractivity contribution is 0.465. The molecule has 0 spiro atoms. The van der Waals surface area contributed by atoms with Crippen LogP contribution in [0.5, 0.6) is 0 Å². The number of aliphatic imine (C=N–C) groups is 1. The fraction of sp³-hybridized carbons (Fsp3) is 0. The number of nitrogens with two attached hydrogens (primary N) is 1. The van der Waals surface area contributed by atoms with Gasteiger partial charge >= 0.3 is 0 Å². The van der Waals surface area contributed by atoms with Gasteiger partial charge in [0.25, 0.3) is 11.2 Å². The highest BCUT2D eigenvalue weighted by atomic mass is 32.2. The minimum Gasteiger partial charge on any atom is -0.411 e. The molecule has 0 saturated heterocycles. The normalized spacial score (nSPS) is 11.2. The minimum absolute atomic E-state index is 0.166. The molecule has 0 saturated carbocycles. The molecule has 3 aromatic heterocycles. The number of benzene rings is 1. The number of nitrogens with zero attached hydrogens (tertiary/aromatic N) is 6. The SMILES string of the molecule is N/C=N\c1nc(Sc2nnc(-c3cccnc3)o2)cc(-c2ccc(F)cc2)n1. The first-order chi connectivity index (χ1) is 13.7. The van der Waals surface area contributed by atoms with E-state index in [1.807, 2.05) is 6.07 Å². The molecule has 1 aromatic carbocycles. The second kappa shape index (κ2) is 7.92. The first-order valence-electron chi connectivity index (χ1n) is 8.02. The van der Waals surface area contributed by atoms with E-state index in [4.69, 9.17) is 10.2 Å². The highest BCUT2D eigenvalue weighted by molar-refractivity contribution is 7.99. The van der Waals surface area contributed by atoms with Crippen LogP contribution in [0, 0.1) is 5.82 Å². The zero-order chi connectivity index (χ0) is 19.3. The Morgan fingerprint density at radius 3 is 2.68 bits per heavy atom. The molecule has 3 heterocycles. The third-order valence-electron chi connectivity index (χ3n) is 3.53. The number of hydrogen-bond donors (Lipinski definition) is 1. The Morgan fingerprint density at radius 1 is 1.07 bits per heavy atom. The van der Waals surface area contributed by atoms with Gasteiger partial charge in [-0.2, -0.15) is 0 Å². The van der Waals surface area contributed by atoms with Crippen molar-refractivity contribution in [1.29, 1.82) is 0 Å². The Morgan fingerprint density at radius 2 is 1.93 bits per heavy atom. The van der Waals surface area contributed by atoms with Gasteiger partial charge in [-0.3, -0.25) is 4.98 Å². The van der Waals surface area contributed by atoms with E-state index < -0.39 is 0 Å². The molecule has 0 bridgehead atoms. The summed E-state index contributed by atoms with van der Waals surface area (Å²) in [6, 6.07) is 11.3.